The number of carboxylic acid groups (broad SMARTS) is 1. The molecule has 2 saturated heterocycles. The largest absolute Gasteiger partial charge is 0.481 e. The lowest BCUT2D eigenvalue weighted by Gasteiger charge is -2.33. The molecule has 2 aliphatic heterocycles. The lowest BCUT2D eigenvalue weighted by atomic mass is 9.86. The Morgan fingerprint density at radius 1 is 1.43 bits per heavy atom. The van der Waals surface area contributed by atoms with E-state index in [-0.39, 0.29) is 23.9 Å². The number of aliphatic carboxylic acids is 1. The molecule has 0 bridgehead atoms. The molecule has 0 aliphatic carbocycles. The van der Waals surface area contributed by atoms with Crippen molar-refractivity contribution in [1.82, 2.24) is 5.32 Å². The number of halogens is 1. The van der Waals surface area contributed by atoms with Gasteiger partial charge in [-0.05, 0) is 19.3 Å². The molecule has 1 unspecified atom stereocenters. The molecule has 5 heteroatoms. The Balaban J connectivity index is 0.000000980. The average molecular weight is 222 g/mol. The second-order valence-electron chi connectivity index (χ2n) is 4.01. The molecule has 14 heavy (non-hydrogen) atoms. The van der Waals surface area contributed by atoms with Crippen molar-refractivity contribution in [3.05, 3.63) is 0 Å². The zero-order valence-corrected chi connectivity index (χ0v) is 8.81. The molecule has 0 saturated carbocycles. The van der Waals surface area contributed by atoms with Crippen LogP contribution in [0.5, 0.6) is 0 Å². The van der Waals surface area contributed by atoms with Crippen LogP contribution in [0.3, 0.4) is 0 Å². The molecule has 2 aliphatic rings. The van der Waals surface area contributed by atoms with E-state index < -0.39 is 5.97 Å². The summed E-state index contributed by atoms with van der Waals surface area (Å²) in [6.45, 7) is 2.15. The highest BCUT2D eigenvalue weighted by Gasteiger charge is 2.42. The van der Waals surface area contributed by atoms with Crippen molar-refractivity contribution in [3.63, 3.8) is 0 Å². The SMILES string of the molecule is Cl.O=C(O)C1CNC2(CCOCC2)C1. The Hall–Kier alpha value is -0.320. The highest BCUT2D eigenvalue weighted by Crippen LogP contribution is 2.32. The van der Waals surface area contributed by atoms with Gasteiger partial charge in [0.25, 0.3) is 0 Å². The van der Waals surface area contributed by atoms with Crippen LogP contribution in [-0.2, 0) is 9.53 Å². The van der Waals surface area contributed by atoms with E-state index in [4.69, 9.17) is 9.84 Å². The number of carboxylic acids is 1. The second kappa shape index (κ2) is 4.47. The van der Waals surface area contributed by atoms with E-state index in [1.165, 1.54) is 0 Å². The van der Waals surface area contributed by atoms with E-state index >= 15 is 0 Å². The lowest BCUT2D eigenvalue weighted by Crippen LogP contribution is -2.44. The summed E-state index contributed by atoms with van der Waals surface area (Å²) in [6, 6.07) is 0. The minimum atomic E-state index is -0.670. The number of hydrogen-bond donors (Lipinski definition) is 2. The third-order valence-corrected chi connectivity index (χ3v) is 3.16. The first-order valence-corrected chi connectivity index (χ1v) is 4.77. The number of rotatable bonds is 1. The summed E-state index contributed by atoms with van der Waals surface area (Å²) in [5.41, 5.74) is 0.0707. The normalized spacial score (nSPS) is 29.9. The van der Waals surface area contributed by atoms with Crippen LogP contribution in [0.1, 0.15) is 19.3 Å². The molecule has 82 valence electrons. The van der Waals surface area contributed by atoms with Gasteiger partial charge < -0.3 is 15.2 Å². The predicted molar refractivity (Wildman–Crippen MR) is 53.8 cm³/mol. The minimum Gasteiger partial charge on any atom is -0.481 e. The molecule has 0 radical (unpaired) electrons. The van der Waals surface area contributed by atoms with Crippen LogP contribution in [0.15, 0.2) is 0 Å². The standard InChI is InChI=1S/C9H15NO3.ClH/c11-8(12)7-5-9(10-6-7)1-3-13-4-2-9;/h7,10H,1-6H2,(H,11,12);1H. The van der Waals surface area contributed by atoms with Gasteiger partial charge in [-0.2, -0.15) is 0 Å². The summed E-state index contributed by atoms with van der Waals surface area (Å²) < 4.78 is 5.26. The summed E-state index contributed by atoms with van der Waals surface area (Å²) in [5.74, 6) is -0.867. The van der Waals surface area contributed by atoms with Crippen LogP contribution in [0.4, 0.5) is 0 Å². The summed E-state index contributed by atoms with van der Waals surface area (Å²) in [6.07, 6.45) is 2.68. The van der Waals surface area contributed by atoms with Crippen molar-refractivity contribution in [2.45, 2.75) is 24.8 Å². The maximum absolute atomic E-state index is 10.8. The molecule has 0 aromatic rings. The molecular weight excluding hydrogens is 206 g/mol. The Labute approximate surface area is 89.4 Å². The van der Waals surface area contributed by atoms with Gasteiger partial charge in [-0.25, -0.2) is 0 Å². The zero-order chi connectivity index (χ0) is 9.31. The Kier molecular flexibility index (Phi) is 3.75. The molecule has 2 fully saturated rings. The van der Waals surface area contributed by atoms with E-state index in [9.17, 15) is 4.79 Å². The molecule has 2 heterocycles. The van der Waals surface area contributed by atoms with Gasteiger partial charge in [-0.1, -0.05) is 0 Å². The predicted octanol–water partition coefficient (Wildman–Crippen LogP) is 0.651. The molecular formula is C9H16ClNO3. The molecule has 1 atom stereocenters. The van der Waals surface area contributed by atoms with Gasteiger partial charge in [0, 0.05) is 25.3 Å². The van der Waals surface area contributed by atoms with Gasteiger partial charge in [-0.15, -0.1) is 12.4 Å². The smallest absolute Gasteiger partial charge is 0.307 e. The monoisotopic (exact) mass is 221 g/mol. The Morgan fingerprint density at radius 3 is 2.57 bits per heavy atom. The summed E-state index contributed by atoms with van der Waals surface area (Å²) >= 11 is 0. The third-order valence-electron chi connectivity index (χ3n) is 3.16. The first kappa shape index (κ1) is 11.8. The Morgan fingerprint density at radius 2 is 2.07 bits per heavy atom. The van der Waals surface area contributed by atoms with Crippen LogP contribution in [-0.4, -0.2) is 36.4 Å². The van der Waals surface area contributed by atoms with Crippen molar-refractivity contribution < 1.29 is 14.6 Å². The van der Waals surface area contributed by atoms with Crippen LogP contribution in [0.25, 0.3) is 0 Å². The quantitative estimate of drug-likeness (QED) is 0.683. The van der Waals surface area contributed by atoms with E-state index in [2.05, 4.69) is 5.32 Å². The summed E-state index contributed by atoms with van der Waals surface area (Å²) in [4.78, 5) is 10.8. The van der Waals surface area contributed by atoms with Crippen molar-refractivity contribution >= 4 is 18.4 Å². The number of nitrogens with one attached hydrogen (secondary N) is 1. The fraction of sp³-hybridized carbons (Fsp3) is 0.889. The highest BCUT2D eigenvalue weighted by molar-refractivity contribution is 5.85. The van der Waals surface area contributed by atoms with E-state index in [0.717, 1.165) is 32.5 Å². The maximum Gasteiger partial charge on any atom is 0.307 e. The summed E-state index contributed by atoms with van der Waals surface area (Å²) in [5, 5.41) is 12.2. The summed E-state index contributed by atoms with van der Waals surface area (Å²) in [7, 11) is 0. The third kappa shape index (κ3) is 2.19. The lowest BCUT2D eigenvalue weighted by molar-refractivity contribution is -0.141. The number of ether oxygens (including phenoxy) is 1. The Bertz CT molecular complexity index is 216. The van der Waals surface area contributed by atoms with Gasteiger partial charge in [0.05, 0.1) is 5.92 Å². The van der Waals surface area contributed by atoms with Crippen LogP contribution in [0, 0.1) is 5.92 Å². The number of carbonyl (C=O) groups is 1. The molecule has 0 amide bonds. The molecule has 4 nitrogen and oxygen atoms in total. The maximum atomic E-state index is 10.8. The van der Waals surface area contributed by atoms with Gasteiger partial charge in [0.15, 0.2) is 0 Å². The highest BCUT2D eigenvalue weighted by atomic mass is 35.5. The molecule has 2 N–H and O–H groups in total. The fourth-order valence-corrected chi connectivity index (χ4v) is 2.27. The molecule has 0 aromatic heterocycles. The first-order valence-electron chi connectivity index (χ1n) is 4.77. The minimum absolute atomic E-state index is 0. The zero-order valence-electron chi connectivity index (χ0n) is 7.99. The van der Waals surface area contributed by atoms with Crippen molar-refractivity contribution in [2.24, 2.45) is 5.92 Å². The molecule has 0 aromatic carbocycles. The topological polar surface area (TPSA) is 58.6 Å². The average Bonchev–Trinajstić information content (AvgIpc) is 2.51. The van der Waals surface area contributed by atoms with Crippen molar-refractivity contribution in [1.29, 1.82) is 0 Å². The van der Waals surface area contributed by atoms with Gasteiger partial charge in [0.1, 0.15) is 0 Å². The van der Waals surface area contributed by atoms with Gasteiger partial charge >= 0.3 is 5.97 Å². The van der Waals surface area contributed by atoms with E-state index in [1.54, 1.807) is 0 Å². The van der Waals surface area contributed by atoms with Gasteiger partial charge in [0.2, 0.25) is 0 Å². The van der Waals surface area contributed by atoms with Crippen LogP contribution >= 0.6 is 12.4 Å². The van der Waals surface area contributed by atoms with Crippen molar-refractivity contribution in [2.75, 3.05) is 19.8 Å². The number of hydrogen-bond acceptors (Lipinski definition) is 3. The first-order chi connectivity index (χ1) is 6.22. The second-order valence-corrected chi connectivity index (χ2v) is 4.01. The van der Waals surface area contributed by atoms with Crippen LogP contribution in [0.2, 0.25) is 0 Å². The van der Waals surface area contributed by atoms with Crippen LogP contribution < -0.4 is 5.32 Å². The fourth-order valence-electron chi connectivity index (χ4n) is 2.27. The van der Waals surface area contributed by atoms with Crippen molar-refractivity contribution in [3.8, 4) is 0 Å². The van der Waals surface area contributed by atoms with Gasteiger partial charge in [-0.3, -0.25) is 4.79 Å². The van der Waals surface area contributed by atoms with E-state index in [0.29, 0.717) is 6.54 Å². The molecule has 2 rings (SSSR count). The van der Waals surface area contributed by atoms with E-state index in [1.807, 2.05) is 0 Å². The molecule has 1 spiro atoms.